The second-order valence-corrected chi connectivity index (χ2v) is 6.91. The lowest BCUT2D eigenvalue weighted by Gasteiger charge is -2.26. The molecule has 1 saturated heterocycles. The maximum atomic E-state index is 13.0. The molecule has 27 heavy (non-hydrogen) atoms. The van der Waals surface area contributed by atoms with E-state index in [1.807, 2.05) is 0 Å². The smallest absolute Gasteiger partial charge is 0.416 e. The van der Waals surface area contributed by atoms with Crippen molar-refractivity contribution >= 4 is 17.8 Å². The second-order valence-electron chi connectivity index (χ2n) is 6.91. The number of hydrogen-bond donors (Lipinski definition) is 2. The first-order valence-electron chi connectivity index (χ1n) is 8.65. The molecule has 1 aromatic rings. The van der Waals surface area contributed by atoms with Gasteiger partial charge < -0.3 is 15.3 Å². The zero-order chi connectivity index (χ0) is 19.8. The van der Waals surface area contributed by atoms with Gasteiger partial charge in [0.1, 0.15) is 0 Å². The largest absolute Gasteiger partial charge is 0.481 e. The third-order valence-electron chi connectivity index (χ3n) is 4.95. The van der Waals surface area contributed by atoms with Gasteiger partial charge in [0.15, 0.2) is 0 Å². The van der Waals surface area contributed by atoms with Gasteiger partial charge in [-0.1, -0.05) is 12.1 Å². The number of benzene rings is 1. The van der Waals surface area contributed by atoms with Crippen molar-refractivity contribution in [1.29, 1.82) is 0 Å². The highest BCUT2D eigenvalue weighted by Crippen LogP contribution is 2.39. The average Bonchev–Trinajstić information content (AvgIpc) is 3.32. The summed E-state index contributed by atoms with van der Waals surface area (Å²) in [5.41, 5.74) is -0.618. The molecule has 2 fully saturated rings. The van der Waals surface area contributed by atoms with Crippen molar-refractivity contribution in [2.45, 2.75) is 31.5 Å². The number of alkyl halides is 3. The maximum absolute atomic E-state index is 13.0. The fraction of sp³-hybridized carbons (Fsp3) is 0.500. The first-order chi connectivity index (χ1) is 12.7. The van der Waals surface area contributed by atoms with E-state index >= 15 is 0 Å². The van der Waals surface area contributed by atoms with Gasteiger partial charge in [-0.2, -0.15) is 13.2 Å². The topological polar surface area (TPSA) is 86.7 Å². The van der Waals surface area contributed by atoms with E-state index in [1.54, 1.807) is 0 Å². The quantitative estimate of drug-likeness (QED) is 0.787. The second kappa shape index (κ2) is 7.21. The molecule has 0 unspecified atom stereocenters. The Balaban J connectivity index is 1.80. The van der Waals surface area contributed by atoms with Gasteiger partial charge in [-0.05, 0) is 30.5 Å². The Morgan fingerprint density at radius 2 is 2.04 bits per heavy atom. The predicted molar refractivity (Wildman–Crippen MR) is 87.4 cm³/mol. The fourth-order valence-electron chi connectivity index (χ4n) is 3.32. The molecular formula is C18H19F3N2O4. The number of aliphatic carboxylic acids is 1. The molecule has 1 heterocycles. The van der Waals surface area contributed by atoms with Gasteiger partial charge in [0.2, 0.25) is 11.8 Å². The summed E-state index contributed by atoms with van der Waals surface area (Å²) in [4.78, 5) is 36.7. The molecule has 1 saturated carbocycles. The first-order valence-corrected chi connectivity index (χ1v) is 8.65. The van der Waals surface area contributed by atoms with Crippen molar-refractivity contribution in [3.8, 4) is 0 Å². The average molecular weight is 384 g/mol. The maximum Gasteiger partial charge on any atom is 0.416 e. The number of nitrogens with zero attached hydrogens (tertiary/aromatic N) is 1. The zero-order valence-electron chi connectivity index (χ0n) is 14.3. The molecule has 2 amide bonds. The van der Waals surface area contributed by atoms with E-state index in [4.69, 9.17) is 5.11 Å². The molecule has 2 N–H and O–H groups in total. The molecule has 0 spiro atoms. The highest BCUT2D eigenvalue weighted by Gasteiger charge is 2.48. The summed E-state index contributed by atoms with van der Waals surface area (Å²) in [6.07, 6.45) is -3.29. The summed E-state index contributed by atoms with van der Waals surface area (Å²) in [5.74, 6) is -3.15. The number of rotatable bonds is 6. The van der Waals surface area contributed by atoms with E-state index in [0.717, 1.165) is 12.1 Å². The number of carbonyl (C=O) groups is 3. The van der Waals surface area contributed by atoms with Gasteiger partial charge in [0, 0.05) is 19.5 Å². The van der Waals surface area contributed by atoms with Crippen LogP contribution in [0.4, 0.5) is 13.2 Å². The lowest BCUT2D eigenvalue weighted by Crippen LogP contribution is -2.39. The Morgan fingerprint density at radius 1 is 1.30 bits per heavy atom. The lowest BCUT2D eigenvalue weighted by molar-refractivity contribution is -0.140. The normalized spacial score (nSPS) is 23.2. The van der Waals surface area contributed by atoms with E-state index in [0.29, 0.717) is 19.4 Å². The van der Waals surface area contributed by atoms with Gasteiger partial charge in [0.25, 0.3) is 0 Å². The van der Waals surface area contributed by atoms with E-state index in [2.05, 4.69) is 5.32 Å². The summed E-state index contributed by atoms with van der Waals surface area (Å²) >= 11 is 0. The van der Waals surface area contributed by atoms with Crippen molar-refractivity contribution < 1.29 is 32.7 Å². The van der Waals surface area contributed by atoms with Crippen LogP contribution in [0.5, 0.6) is 0 Å². The van der Waals surface area contributed by atoms with E-state index in [-0.39, 0.29) is 24.4 Å². The monoisotopic (exact) mass is 384 g/mol. The molecule has 0 bridgehead atoms. The summed E-state index contributed by atoms with van der Waals surface area (Å²) in [5, 5.41) is 11.6. The number of carbonyl (C=O) groups excluding carboxylic acids is 2. The van der Waals surface area contributed by atoms with Crippen LogP contribution in [0.3, 0.4) is 0 Å². The van der Waals surface area contributed by atoms with Crippen molar-refractivity contribution in [2.24, 2.45) is 11.8 Å². The molecule has 9 heteroatoms. The van der Waals surface area contributed by atoms with Crippen molar-refractivity contribution in [3.05, 3.63) is 35.4 Å². The number of amides is 2. The Morgan fingerprint density at radius 3 is 2.59 bits per heavy atom. The van der Waals surface area contributed by atoms with Gasteiger partial charge in [-0.25, -0.2) is 0 Å². The van der Waals surface area contributed by atoms with E-state index in [1.165, 1.54) is 17.0 Å². The van der Waals surface area contributed by atoms with Crippen molar-refractivity contribution in [1.82, 2.24) is 10.2 Å². The summed E-state index contributed by atoms with van der Waals surface area (Å²) in [6, 6.07) is 3.76. The highest BCUT2D eigenvalue weighted by atomic mass is 19.4. The Kier molecular flexibility index (Phi) is 5.12. The van der Waals surface area contributed by atoms with Crippen LogP contribution in [0.1, 0.15) is 36.4 Å². The Hall–Kier alpha value is -2.58. The minimum absolute atomic E-state index is 0.0519. The fourth-order valence-corrected chi connectivity index (χ4v) is 3.32. The lowest BCUT2D eigenvalue weighted by atomic mass is 10.0. The number of hydrogen-bond acceptors (Lipinski definition) is 3. The molecule has 0 radical (unpaired) electrons. The summed E-state index contributed by atoms with van der Waals surface area (Å²) < 4.78 is 39.1. The number of nitrogens with one attached hydrogen (secondary N) is 1. The van der Waals surface area contributed by atoms with Crippen LogP contribution in [0, 0.1) is 11.8 Å². The molecule has 2 aliphatic rings. The van der Waals surface area contributed by atoms with Crippen molar-refractivity contribution in [2.75, 3.05) is 13.1 Å². The van der Waals surface area contributed by atoms with Gasteiger partial charge >= 0.3 is 12.1 Å². The molecule has 3 atom stereocenters. The Bertz CT molecular complexity index is 765. The molecule has 6 nitrogen and oxygen atoms in total. The SMILES string of the molecule is O=C(O)[C@@H]1C[C@H]1C(=O)N[C@@H](CN1CCCC1=O)c1cccc(C(F)(F)F)c1. The summed E-state index contributed by atoms with van der Waals surface area (Å²) in [6.45, 7) is 0.529. The molecule has 1 aliphatic carbocycles. The minimum atomic E-state index is -4.53. The van der Waals surface area contributed by atoms with Crippen LogP contribution in [0.25, 0.3) is 0 Å². The van der Waals surface area contributed by atoms with Gasteiger partial charge in [0.05, 0.1) is 23.4 Å². The standard InChI is InChI=1S/C18H19F3N2O4/c19-18(20,21)11-4-1-3-10(7-11)14(9-23-6-2-5-15(23)24)22-16(25)12-8-13(12)17(26)27/h1,3-4,7,12-14H,2,5-6,8-9H2,(H,22,25)(H,26,27)/t12-,13-,14+/m1/s1. The van der Waals surface area contributed by atoms with Crippen LogP contribution in [-0.4, -0.2) is 40.9 Å². The number of carboxylic acids is 1. The minimum Gasteiger partial charge on any atom is -0.481 e. The van der Waals surface area contributed by atoms with Crippen molar-refractivity contribution in [3.63, 3.8) is 0 Å². The molecular weight excluding hydrogens is 365 g/mol. The molecule has 1 aromatic carbocycles. The van der Waals surface area contributed by atoms with E-state index in [9.17, 15) is 27.6 Å². The molecule has 1 aliphatic heterocycles. The van der Waals surface area contributed by atoms with Crippen LogP contribution >= 0.6 is 0 Å². The third kappa shape index (κ3) is 4.40. The Labute approximate surface area is 153 Å². The predicted octanol–water partition coefficient (Wildman–Crippen LogP) is 2.21. The zero-order valence-corrected chi connectivity index (χ0v) is 14.3. The van der Waals surface area contributed by atoms with Crippen LogP contribution in [0.15, 0.2) is 24.3 Å². The first kappa shape index (κ1) is 19.2. The highest BCUT2D eigenvalue weighted by molar-refractivity contribution is 5.89. The van der Waals surface area contributed by atoms with Crippen LogP contribution < -0.4 is 5.32 Å². The van der Waals surface area contributed by atoms with Crippen LogP contribution in [-0.2, 0) is 20.6 Å². The van der Waals surface area contributed by atoms with Gasteiger partial charge in [-0.3, -0.25) is 14.4 Å². The van der Waals surface area contributed by atoms with E-state index < -0.39 is 41.5 Å². The number of carboxylic acid groups (broad SMARTS) is 1. The van der Waals surface area contributed by atoms with Crippen LogP contribution in [0.2, 0.25) is 0 Å². The number of halogens is 3. The molecule has 0 aromatic heterocycles. The summed E-state index contributed by atoms with van der Waals surface area (Å²) in [7, 11) is 0. The number of likely N-dealkylation sites (tertiary alicyclic amines) is 1. The third-order valence-corrected chi connectivity index (χ3v) is 4.95. The molecule has 146 valence electrons. The molecule has 3 rings (SSSR count). The van der Waals surface area contributed by atoms with Gasteiger partial charge in [-0.15, -0.1) is 0 Å².